The average molecular weight is 224 g/mol. The molecule has 1 saturated carbocycles. The fourth-order valence-electron chi connectivity index (χ4n) is 2.42. The summed E-state index contributed by atoms with van der Waals surface area (Å²) in [6.45, 7) is 11.7. The molecule has 0 aromatic carbocycles. The molecule has 2 aliphatic rings. The van der Waals surface area contributed by atoms with Gasteiger partial charge < -0.3 is 4.43 Å². The van der Waals surface area contributed by atoms with Crippen molar-refractivity contribution in [3.8, 4) is 0 Å². The molecule has 1 nitrogen and oxygen atoms in total. The van der Waals surface area contributed by atoms with Gasteiger partial charge in [0.15, 0.2) is 8.32 Å². The maximum absolute atomic E-state index is 6.53. The maximum atomic E-state index is 6.53. The molecule has 2 unspecified atom stereocenters. The van der Waals surface area contributed by atoms with Gasteiger partial charge in [-0.05, 0) is 31.0 Å². The molecule has 2 heteroatoms. The number of hydrogen-bond donors (Lipinski definition) is 0. The van der Waals surface area contributed by atoms with Gasteiger partial charge in [0.1, 0.15) is 0 Å². The first-order valence-electron chi connectivity index (χ1n) is 6.17. The first-order valence-corrected chi connectivity index (χ1v) is 9.08. The predicted molar refractivity (Wildman–Crippen MR) is 67.4 cm³/mol. The van der Waals surface area contributed by atoms with Crippen molar-refractivity contribution in [3.63, 3.8) is 0 Å². The van der Waals surface area contributed by atoms with Crippen LogP contribution in [-0.4, -0.2) is 14.4 Å². The van der Waals surface area contributed by atoms with Crippen LogP contribution in [0.15, 0.2) is 12.2 Å². The predicted octanol–water partition coefficient (Wildman–Crippen LogP) is 3.97. The molecule has 1 fully saturated rings. The second-order valence-corrected chi connectivity index (χ2v) is 11.4. The lowest BCUT2D eigenvalue weighted by molar-refractivity contribution is 0.145. The number of hydrogen-bond acceptors (Lipinski definition) is 1. The molecule has 2 atom stereocenters. The van der Waals surface area contributed by atoms with E-state index in [0.29, 0.717) is 11.1 Å². The van der Waals surface area contributed by atoms with E-state index in [0.717, 1.165) is 11.8 Å². The van der Waals surface area contributed by atoms with Crippen molar-refractivity contribution >= 4 is 8.32 Å². The summed E-state index contributed by atoms with van der Waals surface area (Å²) in [5.41, 5.74) is 0. The zero-order valence-corrected chi connectivity index (χ0v) is 11.7. The molecule has 0 radical (unpaired) electrons. The highest BCUT2D eigenvalue weighted by Gasteiger charge is 2.45. The van der Waals surface area contributed by atoms with Crippen LogP contribution in [-0.2, 0) is 4.43 Å². The zero-order valence-electron chi connectivity index (χ0n) is 10.7. The normalized spacial score (nSPS) is 35.1. The molecule has 0 N–H and O–H groups in total. The van der Waals surface area contributed by atoms with Crippen molar-refractivity contribution in [2.75, 3.05) is 0 Å². The van der Waals surface area contributed by atoms with Gasteiger partial charge in [-0.25, -0.2) is 0 Å². The lowest BCUT2D eigenvalue weighted by Crippen LogP contribution is -2.45. The van der Waals surface area contributed by atoms with Crippen LogP contribution >= 0.6 is 0 Å². The molecule has 2 bridgehead atoms. The summed E-state index contributed by atoms with van der Waals surface area (Å²) >= 11 is 0. The lowest BCUT2D eigenvalue weighted by atomic mass is 10.1. The summed E-state index contributed by atoms with van der Waals surface area (Å²) in [4.78, 5) is 0. The SMILES string of the molecule is CC(C)(C)[Si](C)(C)OC1C2C=CC1CC2. The van der Waals surface area contributed by atoms with E-state index < -0.39 is 8.32 Å². The van der Waals surface area contributed by atoms with Crippen molar-refractivity contribution < 1.29 is 4.43 Å². The van der Waals surface area contributed by atoms with Crippen LogP contribution < -0.4 is 0 Å². The minimum Gasteiger partial charge on any atom is -0.413 e. The van der Waals surface area contributed by atoms with E-state index in [-0.39, 0.29) is 0 Å². The van der Waals surface area contributed by atoms with Crippen molar-refractivity contribution in [3.05, 3.63) is 12.2 Å². The highest BCUT2D eigenvalue weighted by atomic mass is 28.4. The van der Waals surface area contributed by atoms with Crippen LogP contribution in [0.3, 0.4) is 0 Å². The van der Waals surface area contributed by atoms with Gasteiger partial charge in [-0.3, -0.25) is 0 Å². The lowest BCUT2D eigenvalue weighted by Gasteiger charge is -2.39. The Morgan fingerprint density at radius 2 is 1.53 bits per heavy atom. The zero-order chi connectivity index (χ0) is 11.3. The van der Waals surface area contributed by atoms with Gasteiger partial charge in [-0.15, -0.1) is 0 Å². The van der Waals surface area contributed by atoms with Gasteiger partial charge in [0.2, 0.25) is 0 Å². The third kappa shape index (κ3) is 1.94. The van der Waals surface area contributed by atoms with Crippen LogP contribution in [0.5, 0.6) is 0 Å². The van der Waals surface area contributed by atoms with E-state index in [4.69, 9.17) is 4.43 Å². The summed E-state index contributed by atoms with van der Waals surface area (Å²) in [7, 11) is -1.55. The Balaban J connectivity index is 2.04. The van der Waals surface area contributed by atoms with E-state index >= 15 is 0 Å². The molecule has 0 heterocycles. The van der Waals surface area contributed by atoms with E-state index in [1.807, 2.05) is 0 Å². The molecule has 0 spiro atoms. The van der Waals surface area contributed by atoms with Crippen LogP contribution in [0.4, 0.5) is 0 Å². The Morgan fingerprint density at radius 1 is 1.07 bits per heavy atom. The maximum Gasteiger partial charge on any atom is 0.192 e. The Labute approximate surface area is 95.0 Å². The Hall–Kier alpha value is -0.0831. The fraction of sp³-hybridized carbons (Fsp3) is 0.846. The second-order valence-electron chi connectivity index (χ2n) is 6.63. The molecule has 0 aromatic rings. The Morgan fingerprint density at radius 3 is 1.87 bits per heavy atom. The minimum absolute atomic E-state index is 0.342. The van der Waals surface area contributed by atoms with Crippen molar-refractivity contribution in [1.29, 1.82) is 0 Å². The molecule has 86 valence electrons. The van der Waals surface area contributed by atoms with Gasteiger partial charge >= 0.3 is 0 Å². The highest BCUT2D eigenvalue weighted by molar-refractivity contribution is 6.74. The molecule has 2 rings (SSSR count). The van der Waals surface area contributed by atoms with Crippen molar-refractivity contribution in [2.24, 2.45) is 11.8 Å². The molecular weight excluding hydrogens is 200 g/mol. The van der Waals surface area contributed by atoms with Crippen LogP contribution in [0.1, 0.15) is 33.6 Å². The van der Waals surface area contributed by atoms with E-state index in [2.05, 4.69) is 46.0 Å². The molecule has 0 aliphatic heterocycles. The van der Waals surface area contributed by atoms with E-state index in [9.17, 15) is 0 Å². The molecular formula is C13H24OSi. The van der Waals surface area contributed by atoms with Crippen molar-refractivity contribution in [1.82, 2.24) is 0 Å². The van der Waals surface area contributed by atoms with E-state index in [1.54, 1.807) is 0 Å². The standard InChI is InChI=1S/C13H24OSi/c1-13(2,3)15(4,5)14-12-10-6-7-11(12)9-8-10/h6-7,10-12H,8-9H2,1-5H3. The van der Waals surface area contributed by atoms with Crippen LogP contribution in [0.25, 0.3) is 0 Å². The second kappa shape index (κ2) is 3.46. The third-order valence-electron chi connectivity index (χ3n) is 4.52. The molecule has 15 heavy (non-hydrogen) atoms. The van der Waals surface area contributed by atoms with Crippen molar-refractivity contribution in [2.45, 2.75) is 57.8 Å². The summed E-state index contributed by atoms with van der Waals surface area (Å²) in [5, 5.41) is 0.342. The van der Waals surface area contributed by atoms with Gasteiger partial charge in [0.25, 0.3) is 0 Å². The van der Waals surface area contributed by atoms with Gasteiger partial charge in [0.05, 0.1) is 6.10 Å². The topological polar surface area (TPSA) is 9.23 Å². The molecule has 0 amide bonds. The van der Waals surface area contributed by atoms with Gasteiger partial charge in [0, 0.05) is 11.8 Å². The third-order valence-corrected chi connectivity index (χ3v) is 8.99. The average Bonchev–Trinajstić information content (AvgIpc) is 2.62. The Bertz CT molecular complexity index is 261. The highest BCUT2D eigenvalue weighted by Crippen LogP contribution is 2.46. The molecule has 2 aliphatic carbocycles. The first-order chi connectivity index (χ1) is 6.81. The fourth-order valence-corrected chi connectivity index (χ4v) is 3.80. The summed E-state index contributed by atoms with van der Waals surface area (Å²) in [6.07, 6.45) is 7.98. The monoisotopic (exact) mass is 224 g/mol. The molecule has 0 aromatic heterocycles. The van der Waals surface area contributed by atoms with Gasteiger partial charge in [-0.2, -0.15) is 0 Å². The Kier molecular flexibility index (Phi) is 2.63. The van der Waals surface area contributed by atoms with Gasteiger partial charge in [-0.1, -0.05) is 32.9 Å². The minimum atomic E-state index is -1.55. The summed E-state index contributed by atoms with van der Waals surface area (Å²) in [5.74, 6) is 1.45. The summed E-state index contributed by atoms with van der Waals surface area (Å²) < 4.78 is 6.53. The summed E-state index contributed by atoms with van der Waals surface area (Å²) in [6, 6.07) is 0. The van der Waals surface area contributed by atoms with Crippen LogP contribution in [0.2, 0.25) is 18.1 Å². The first kappa shape index (κ1) is 11.4. The largest absolute Gasteiger partial charge is 0.413 e. The van der Waals surface area contributed by atoms with E-state index in [1.165, 1.54) is 12.8 Å². The quantitative estimate of drug-likeness (QED) is 0.509. The number of fused-ring (bicyclic) bond motifs is 2. The van der Waals surface area contributed by atoms with Crippen LogP contribution in [0, 0.1) is 11.8 Å². The number of rotatable bonds is 2. The molecule has 0 saturated heterocycles. The smallest absolute Gasteiger partial charge is 0.192 e.